The molecular weight excluding hydrogens is 324 g/mol. The Labute approximate surface area is 154 Å². The number of fused-ring (bicyclic) bond motifs is 1. The number of rotatable bonds is 5. The second-order valence-corrected chi connectivity index (χ2v) is 7.30. The fraction of sp³-hybridized carbons (Fsp3) is 0.364. The van der Waals surface area contributed by atoms with Gasteiger partial charge in [-0.05, 0) is 54.5 Å². The lowest BCUT2D eigenvalue weighted by molar-refractivity contribution is -0.128. The van der Waals surface area contributed by atoms with Gasteiger partial charge in [-0.1, -0.05) is 36.4 Å². The highest BCUT2D eigenvalue weighted by atomic mass is 16.2. The standard InChI is InChI=1S/C22H24N2O2/c25-21-14-19(15-24(21)12-11-16-5-2-1-3-6-16)22(26)23-20-10-9-17-7-4-8-18(17)13-20/h1-3,5-6,9-10,13,19H,4,7-8,11-12,14-15H2,(H,23,26)/t19-/m1/s1. The van der Waals surface area contributed by atoms with Crippen molar-refractivity contribution in [1.82, 2.24) is 4.90 Å². The van der Waals surface area contributed by atoms with Gasteiger partial charge in [-0.25, -0.2) is 0 Å². The molecule has 134 valence electrons. The number of likely N-dealkylation sites (tertiary alicyclic amines) is 1. The zero-order chi connectivity index (χ0) is 17.9. The Hall–Kier alpha value is -2.62. The summed E-state index contributed by atoms with van der Waals surface area (Å²) >= 11 is 0. The smallest absolute Gasteiger partial charge is 0.229 e. The minimum Gasteiger partial charge on any atom is -0.342 e. The summed E-state index contributed by atoms with van der Waals surface area (Å²) in [5.41, 5.74) is 4.80. The quantitative estimate of drug-likeness (QED) is 0.902. The van der Waals surface area contributed by atoms with Crippen molar-refractivity contribution >= 4 is 17.5 Å². The number of amides is 2. The maximum Gasteiger partial charge on any atom is 0.229 e. The molecule has 1 aliphatic carbocycles. The molecule has 0 aromatic heterocycles. The van der Waals surface area contributed by atoms with Gasteiger partial charge in [0.15, 0.2) is 0 Å². The highest BCUT2D eigenvalue weighted by molar-refractivity contribution is 5.97. The van der Waals surface area contributed by atoms with E-state index >= 15 is 0 Å². The van der Waals surface area contributed by atoms with Gasteiger partial charge in [-0.15, -0.1) is 0 Å². The van der Waals surface area contributed by atoms with Gasteiger partial charge in [-0.2, -0.15) is 0 Å². The van der Waals surface area contributed by atoms with Crippen LogP contribution in [0.5, 0.6) is 0 Å². The molecule has 2 amide bonds. The number of benzene rings is 2. The van der Waals surface area contributed by atoms with E-state index in [1.165, 1.54) is 23.1 Å². The molecular formula is C22H24N2O2. The lowest BCUT2D eigenvalue weighted by Crippen LogP contribution is -2.30. The van der Waals surface area contributed by atoms with Crippen molar-refractivity contribution in [2.75, 3.05) is 18.4 Å². The molecule has 1 atom stereocenters. The highest BCUT2D eigenvalue weighted by Crippen LogP contribution is 2.26. The molecule has 1 fully saturated rings. The largest absolute Gasteiger partial charge is 0.342 e. The van der Waals surface area contributed by atoms with E-state index in [0.29, 0.717) is 19.5 Å². The highest BCUT2D eigenvalue weighted by Gasteiger charge is 2.34. The number of carbonyl (C=O) groups is 2. The Balaban J connectivity index is 1.33. The van der Waals surface area contributed by atoms with Crippen LogP contribution in [0, 0.1) is 5.92 Å². The average molecular weight is 348 g/mol. The van der Waals surface area contributed by atoms with Gasteiger partial charge in [-0.3, -0.25) is 9.59 Å². The van der Waals surface area contributed by atoms with Gasteiger partial charge in [0.25, 0.3) is 0 Å². The molecule has 1 heterocycles. The zero-order valence-electron chi connectivity index (χ0n) is 14.9. The number of nitrogens with zero attached hydrogens (tertiary/aromatic N) is 1. The molecule has 0 bridgehead atoms. The number of nitrogens with one attached hydrogen (secondary N) is 1. The monoisotopic (exact) mass is 348 g/mol. The third-order valence-electron chi connectivity index (χ3n) is 5.46. The third kappa shape index (κ3) is 3.64. The summed E-state index contributed by atoms with van der Waals surface area (Å²) in [5, 5.41) is 3.01. The Bertz CT molecular complexity index is 816. The molecule has 2 aromatic carbocycles. The van der Waals surface area contributed by atoms with Crippen LogP contribution in [-0.4, -0.2) is 29.8 Å². The molecule has 0 saturated carbocycles. The molecule has 0 unspecified atom stereocenters. The summed E-state index contributed by atoms with van der Waals surface area (Å²) in [4.78, 5) is 26.7. The van der Waals surface area contributed by atoms with Crippen molar-refractivity contribution in [3.05, 3.63) is 65.2 Å². The van der Waals surface area contributed by atoms with Crippen molar-refractivity contribution in [1.29, 1.82) is 0 Å². The van der Waals surface area contributed by atoms with E-state index in [4.69, 9.17) is 0 Å². The van der Waals surface area contributed by atoms with Crippen LogP contribution in [0.15, 0.2) is 48.5 Å². The van der Waals surface area contributed by atoms with E-state index in [9.17, 15) is 9.59 Å². The SMILES string of the molecule is O=C(Nc1ccc2c(c1)CCC2)[C@@H]1CC(=O)N(CCc2ccccc2)C1. The van der Waals surface area contributed by atoms with Gasteiger partial charge in [0.2, 0.25) is 11.8 Å². The molecule has 0 spiro atoms. The molecule has 4 rings (SSSR count). The molecule has 2 aromatic rings. The minimum absolute atomic E-state index is 0.0430. The molecule has 4 nitrogen and oxygen atoms in total. The third-order valence-corrected chi connectivity index (χ3v) is 5.46. The molecule has 0 radical (unpaired) electrons. The minimum atomic E-state index is -0.258. The maximum absolute atomic E-state index is 12.6. The van der Waals surface area contributed by atoms with Crippen molar-refractivity contribution in [3.63, 3.8) is 0 Å². The van der Waals surface area contributed by atoms with Gasteiger partial charge in [0.1, 0.15) is 0 Å². The normalized spacial score (nSPS) is 18.8. The molecule has 1 saturated heterocycles. The molecule has 4 heteroatoms. The number of aryl methyl sites for hydroxylation is 2. The van der Waals surface area contributed by atoms with E-state index in [1.54, 1.807) is 0 Å². The van der Waals surface area contributed by atoms with Crippen LogP contribution in [0.3, 0.4) is 0 Å². The molecule has 1 N–H and O–H groups in total. The molecule has 2 aliphatic rings. The van der Waals surface area contributed by atoms with Crippen molar-refractivity contribution < 1.29 is 9.59 Å². The van der Waals surface area contributed by atoms with Crippen LogP contribution in [0.4, 0.5) is 5.69 Å². The summed E-state index contributed by atoms with van der Waals surface area (Å²) in [5.74, 6) is -0.222. The number of hydrogen-bond donors (Lipinski definition) is 1. The van der Waals surface area contributed by atoms with Crippen LogP contribution in [0.2, 0.25) is 0 Å². The Morgan fingerprint density at radius 1 is 1.08 bits per heavy atom. The van der Waals surface area contributed by atoms with E-state index in [2.05, 4.69) is 29.6 Å². The fourth-order valence-electron chi connectivity index (χ4n) is 3.97. The van der Waals surface area contributed by atoms with Crippen molar-refractivity contribution in [2.45, 2.75) is 32.1 Å². The summed E-state index contributed by atoms with van der Waals surface area (Å²) in [6.45, 7) is 1.19. The van der Waals surface area contributed by atoms with Crippen molar-refractivity contribution in [3.8, 4) is 0 Å². The van der Waals surface area contributed by atoms with Gasteiger partial charge in [0, 0.05) is 25.2 Å². The summed E-state index contributed by atoms with van der Waals surface area (Å²) in [6, 6.07) is 16.3. The average Bonchev–Trinajstić information content (AvgIpc) is 3.27. The summed E-state index contributed by atoms with van der Waals surface area (Å²) < 4.78 is 0. The second kappa shape index (κ2) is 7.32. The second-order valence-electron chi connectivity index (χ2n) is 7.30. The first-order valence-electron chi connectivity index (χ1n) is 9.43. The predicted octanol–water partition coefficient (Wildman–Crippen LogP) is 3.21. The van der Waals surface area contributed by atoms with Gasteiger partial charge in [0.05, 0.1) is 5.92 Å². The lowest BCUT2D eigenvalue weighted by atomic mass is 10.1. The topological polar surface area (TPSA) is 49.4 Å². The van der Waals surface area contributed by atoms with Gasteiger partial charge < -0.3 is 10.2 Å². The molecule has 26 heavy (non-hydrogen) atoms. The molecule has 1 aliphatic heterocycles. The first-order valence-corrected chi connectivity index (χ1v) is 9.43. The summed E-state index contributed by atoms with van der Waals surface area (Å²) in [7, 11) is 0. The lowest BCUT2D eigenvalue weighted by Gasteiger charge is -2.16. The fourth-order valence-corrected chi connectivity index (χ4v) is 3.97. The Morgan fingerprint density at radius 3 is 2.73 bits per heavy atom. The number of anilines is 1. The van der Waals surface area contributed by atoms with E-state index in [-0.39, 0.29) is 17.7 Å². The number of hydrogen-bond acceptors (Lipinski definition) is 2. The van der Waals surface area contributed by atoms with Crippen LogP contribution in [0.1, 0.15) is 29.5 Å². The first-order chi connectivity index (χ1) is 12.7. The van der Waals surface area contributed by atoms with Crippen LogP contribution < -0.4 is 5.32 Å². The summed E-state index contributed by atoms with van der Waals surface area (Å²) in [6.07, 6.45) is 4.56. The zero-order valence-corrected chi connectivity index (χ0v) is 14.9. The van der Waals surface area contributed by atoms with Crippen LogP contribution >= 0.6 is 0 Å². The van der Waals surface area contributed by atoms with Crippen LogP contribution in [0.25, 0.3) is 0 Å². The maximum atomic E-state index is 12.6. The van der Waals surface area contributed by atoms with Gasteiger partial charge >= 0.3 is 0 Å². The van der Waals surface area contributed by atoms with Crippen molar-refractivity contribution in [2.24, 2.45) is 5.92 Å². The number of carbonyl (C=O) groups excluding carboxylic acids is 2. The first kappa shape index (κ1) is 16.8. The Kier molecular flexibility index (Phi) is 4.74. The van der Waals surface area contributed by atoms with E-state index in [0.717, 1.165) is 24.9 Å². The Morgan fingerprint density at radius 2 is 1.88 bits per heavy atom. The van der Waals surface area contributed by atoms with E-state index in [1.807, 2.05) is 29.2 Å². The predicted molar refractivity (Wildman–Crippen MR) is 102 cm³/mol. The van der Waals surface area contributed by atoms with Crippen LogP contribution in [-0.2, 0) is 28.9 Å². The van der Waals surface area contributed by atoms with E-state index < -0.39 is 0 Å².